The van der Waals surface area contributed by atoms with Crippen molar-refractivity contribution in [2.45, 2.75) is 11.3 Å². The van der Waals surface area contributed by atoms with E-state index in [1.54, 1.807) is 0 Å². The van der Waals surface area contributed by atoms with Gasteiger partial charge in [0.15, 0.2) is 5.82 Å². The first-order valence-corrected chi connectivity index (χ1v) is 5.91. The van der Waals surface area contributed by atoms with E-state index in [9.17, 15) is 26.0 Å². The third kappa shape index (κ3) is 3.33. The maximum atomic E-state index is 13.1. The molecule has 0 atom stereocenters. The molecule has 0 aliphatic rings. The molecule has 0 spiro atoms. The van der Waals surface area contributed by atoms with Gasteiger partial charge in [0, 0.05) is 10.7 Å². The molecule has 0 aliphatic carbocycles. The van der Waals surface area contributed by atoms with Crippen molar-refractivity contribution in [1.29, 1.82) is 0 Å². The summed E-state index contributed by atoms with van der Waals surface area (Å²) in [6.07, 6.45) is -5.02. The van der Waals surface area contributed by atoms with Gasteiger partial charge in [-0.1, -0.05) is 0 Å². The Bertz CT molecular complexity index is 544. The van der Waals surface area contributed by atoms with Crippen molar-refractivity contribution in [2.24, 2.45) is 0 Å². The zero-order valence-electron chi connectivity index (χ0n) is 7.49. The quantitative estimate of drug-likeness (QED) is 0.664. The third-order valence-electron chi connectivity index (χ3n) is 1.40. The first kappa shape index (κ1) is 13.8. The molecule has 0 radical (unpaired) electrons. The van der Waals surface area contributed by atoms with Gasteiger partial charge in [0.25, 0.3) is 14.9 Å². The molecule has 0 saturated heterocycles. The average molecular weight is 296 g/mol. The second-order valence-electron chi connectivity index (χ2n) is 2.58. The minimum Gasteiger partial charge on any atom is -0.501 e. The molecule has 11 heteroatoms. The number of aromatic nitrogens is 1. The van der Waals surface area contributed by atoms with Crippen LogP contribution in [0.5, 0.6) is 11.6 Å². The van der Waals surface area contributed by atoms with Gasteiger partial charge >= 0.3 is 6.36 Å². The highest BCUT2D eigenvalue weighted by atomic mass is 35.7. The van der Waals surface area contributed by atoms with Gasteiger partial charge in [0.05, 0.1) is 6.20 Å². The summed E-state index contributed by atoms with van der Waals surface area (Å²) in [4.78, 5) is 1.54. The predicted molar refractivity (Wildman–Crippen MR) is 45.6 cm³/mol. The van der Waals surface area contributed by atoms with Crippen molar-refractivity contribution in [3.05, 3.63) is 12.0 Å². The molecule has 0 amide bonds. The number of ether oxygens (including phenoxy) is 1. The van der Waals surface area contributed by atoms with Gasteiger partial charge in [0.1, 0.15) is 4.90 Å². The fraction of sp³-hybridized carbons (Fsp3) is 0.167. The Kier molecular flexibility index (Phi) is 3.39. The third-order valence-corrected chi connectivity index (χ3v) is 2.71. The smallest absolute Gasteiger partial charge is 0.501 e. The molecule has 0 aromatic carbocycles. The highest BCUT2D eigenvalue weighted by Gasteiger charge is 2.35. The number of hydrogen-bond donors (Lipinski definition) is 1. The highest BCUT2D eigenvalue weighted by molar-refractivity contribution is 8.13. The lowest BCUT2D eigenvalue weighted by molar-refractivity contribution is -0.276. The molecule has 1 heterocycles. The van der Waals surface area contributed by atoms with Crippen molar-refractivity contribution in [1.82, 2.24) is 4.98 Å². The van der Waals surface area contributed by atoms with E-state index in [2.05, 4.69) is 9.72 Å². The van der Waals surface area contributed by atoms with Crippen molar-refractivity contribution >= 4 is 19.7 Å². The summed E-state index contributed by atoms with van der Waals surface area (Å²) in [5, 5.41) is 8.92. The van der Waals surface area contributed by atoms with Crippen LogP contribution in [0.2, 0.25) is 0 Å². The Hall–Kier alpha value is -1.29. The fourth-order valence-corrected chi connectivity index (χ4v) is 1.61. The van der Waals surface area contributed by atoms with Crippen LogP contribution in [0.25, 0.3) is 0 Å². The summed E-state index contributed by atoms with van der Waals surface area (Å²) in [6.45, 7) is 0. The summed E-state index contributed by atoms with van der Waals surface area (Å²) in [6, 6.07) is 0. The summed E-state index contributed by atoms with van der Waals surface area (Å²) >= 11 is 0. The Morgan fingerprint density at radius 3 is 2.35 bits per heavy atom. The molecular weight excluding hydrogens is 294 g/mol. The van der Waals surface area contributed by atoms with Gasteiger partial charge in [-0.25, -0.2) is 17.8 Å². The van der Waals surface area contributed by atoms with Crippen LogP contribution in [-0.4, -0.2) is 24.9 Å². The number of alkyl halides is 3. The molecule has 0 unspecified atom stereocenters. The zero-order chi connectivity index (χ0) is 13.4. The minimum absolute atomic E-state index is 0.193. The van der Waals surface area contributed by atoms with Crippen LogP contribution in [0.3, 0.4) is 0 Å². The van der Waals surface area contributed by atoms with Crippen LogP contribution in [-0.2, 0) is 9.05 Å². The molecule has 5 nitrogen and oxygen atoms in total. The Balaban J connectivity index is 3.30. The SMILES string of the molecule is O=S(=O)(Cl)c1cnc(OC(F)(F)F)c(O)c1F. The van der Waals surface area contributed by atoms with Crippen LogP contribution in [0.15, 0.2) is 11.1 Å². The standard InChI is InChI=1S/C6H2ClF4NO4S/c7-17(14,15)2-1-12-5(4(13)3(2)8)16-6(9,10)11/h1,13H. The monoisotopic (exact) mass is 295 g/mol. The maximum absolute atomic E-state index is 13.1. The van der Waals surface area contributed by atoms with Gasteiger partial charge in [-0.05, 0) is 0 Å². The molecule has 0 fully saturated rings. The van der Waals surface area contributed by atoms with Crippen molar-refractivity contribution in [3.63, 3.8) is 0 Å². The van der Waals surface area contributed by atoms with E-state index in [0.717, 1.165) is 0 Å². The van der Waals surface area contributed by atoms with Crippen LogP contribution >= 0.6 is 10.7 Å². The van der Waals surface area contributed by atoms with E-state index >= 15 is 0 Å². The topological polar surface area (TPSA) is 76.5 Å². The minimum atomic E-state index is -5.21. The predicted octanol–water partition coefficient (Wildman–Crippen LogP) is 1.75. The van der Waals surface area contributed by atoms with Crippen LogP contribution in [0, 0.1) is 5.82 Å². The molecule has 0 aliphatic heterocycles. The molecule has 1 aromatic rings. The first-order valence-electron chi connectivity index (χ1n) is 3.60. The summed E-state index contributed by atoms with van der Waals surface area (Å²) in [7, 11) is 0.161. The summed E-state index contributed by atoms with van der Waals surface area (Å²) in [5.41, 5.74) is 0. The first-order chi connectivity index (χ1) is 7.52. The molecular formula is C6H2ClF4NO4S. The fourth-order valence-electron chi connectivity index (χ4n) is 0.800. The molecule has 1 rings (SSSR count). The van der Waals surface area contributed by atoms with E-state index in [1.807, 2.05) is 0 Å². The molecule has 96 valence electrons. The lowest BCUT2D eigenvalue weighted by atomic mass is 10.4. The summed E-state index contributed by atoms with van der Waals surface area (Å²) in [5.74, 6) is -5.10. The maximum Gasteiger partial charge on any atom is 0.574 e. The van der Waals surface area contributed by atoms with Gasteiger partial charge in [-0.3, -0.25) is 0 Å². The Morgan fingerprint density at radius 1 is 1.41 bits per heavy atom. The number of pyridine rings is 1. The van der Waals surface area contributed by atoms with Crippen LogP contribution in [0.1, 0.15) is 0 Å². The zero-order valence-corrected chi connectivity index (χ0v) is 9.07. The number of aromatic hydroxyl groups is 1. The number of nitrogens with zero attached hydrogens (tertiary/aromatic N) is 1. The largest absolute Gasteiger partial charge is 0.574 e. The van der Waals surface area contributed by atoms with Crippen molar-refractivity contribution in [3.8, 4) is 11.6 Å². The molecule has 1 N–H and O–H groups in total. The van der Waals surface area contributed by atoms with Gasteiger partial charge in [-0.2, -0.15) is 0 Å². The molecule has 0 bridgehead atoms. The highest BCUT2D eigenvalue weighted by Crippen LogP contribution is 2.34. The molecule has 0 saturated carbocycles. The van der Waals surface area contributed by atoms with E-state index in [0.29, 0.717) is 0 Å². The lowest BCUT2D eigenvalue weighted by Crippen LogP contribution is -2.18. The number of rotatable bonds is 2. The van der Waals surface area contributed by atoms with Crippen LogP contribution < -0.4 is 4.74 Å². The van der Waals surface area contributed by atoms with Crippen molar-refractivity contribution < 1.29 is 35.8 Å². The Labute approximate surface area is 96.0 Å². The average Bonchev–Trinajstić information content (AvgIpc) is 2.08. The summed E-state index contributed by atoms with van der Waals surface area (Å²) < 4.78 is 72.9. The van der Waals surface area contributed by atoms with Crippen LogP contribution in [0.4, 0.5) is 17.6 Å². The Morgan fingerprint density at radius 2 is 1.94 bits per heavy atom. The van der Waals surface area contributed by atoms with E-state index in [1.165, 1.54) is 0 Å². The van der Waals surface area contributed by atoms with E-state index in [-0.39, 0.29) is 6.20 Å². The normalized spacial score (nSPS) is 12.5. The van der Waals surface area contributed by atoms with Gasteiger partial charge < -0.3 is 9.84 Å². The number of hydrogen-bond acceptors (Lipinski definition) is 5. The second kappa shape index (κ2) is 4.18. The molecule has 1 aromatic heterocycles. The van der Waals surface area contributed by atoms with E-state index < -0.39 is 37.8 Å². The van der Waals surface area contributed by atoms with Gasteiger partial charge in [0.2, 0.25) is 5.75 Å². The van der Waals surface area contributed by atoms with Gasteiger partial charge in [-0.15, -0.1) is 13.2 Å². The van der Waals surface area contributed by atoms with E-state index in [4.69, 9.17) is 15.8 Å². The molecule has 17 heavy (non-hydrogen) atoms. The number of halogens is 5. The van der Waals surface area contributed by atoms with Crippen molar-refractivity contribution in [2.75, 3.05) is 0 Å². The second-order valence-corrected chi connectivity index (χ2v) is 5.11. The lowest BCUT2D eigenvalue weighted by Gasteiger charge is -2.10.